The first kappa shape index (κ1) is 14.0. The Bertz CT molecular complexity index is 471. The molecule has 3 nitrogen and oxygen atoms in total. The molecule has 0 amide bonds. The van der Waals surface area contributed by atoms with Crippen LogP contribution in [0.3, 0.4) is 0 Å². The molecule has 1 aliphatic rings. The summed E-state index contributed by atoms with van der Waals surface area (Å²) in [5.41, 5.74) is 0.954. The van der Waals surface area contributed by atoms with Gasteiger partial charge in [-0.05, 0) is 24.6 Å². The van der Waals surface area contributed by atoms with E-state index in [1.165, 1.54) is 12.1 Å². The van der Waals surface area contributed by atoms with Gasteiger partial charge in [-0.15, -0.1) is 0 Å². The Hall–Kier alpha value is -1.42. The normalized spacial score (nSPS) is 19.5. The number of rotatable bonds is 4. The summed E-state index contributed by atoms with van der Waals surface area (Å²) in [6.45, 7) is 8.43. The highest BCUT2D eigenvalue weighted by molar-refractivity contribution is 5.88. The number of hydrogen-bond donors (Lipinski definition) is 1. The summed E-state index contributed by atoms with van der Waals surface area (Å²) < 4.78 is 19.1. The number of halogens is 1. The van der Waals surface area contributed by atoms with Gasteiger partial charge < -0.3 is 10.1 Å². The van der Waals surface area contributed by atoms with Gasteiger partial charge in [0.1, 0.15) is 17.8 Å². The van der Waals surface area contributed by atoms with Crippen LogP contribution >= 0.6 is 0 Å². The average molecular weight is 264 g/mol. The number of benzene rings is 1. The van der Waals surface area contributed by atoms with Crippen LogP contribution in [0.5, 0.6) is 0 Å². The quantitative estimate of drug-likeness (QED) is 0.907. The van der Waals surface area contributed by atoms with Gasteiger partial charge in [-0.25, -0.2) is 4.39 Å². The van der Waals surface area contributed by atoms with Gasteiger partial charge in [0.15, 0.2) is 0 Å². The van der Waals surface area contributed by atoms with Crippen LogP contribution in [0.2, 0.25) is 0 Å². The second kappa shape index (κ2) is 5.70. The maximum Gasteiger partial charge on any atom is 0.139 e. The molecule has 1 unspecified atom stereocenters. The minimum absolute atomic E-state index is 0.155. The summed E-state index contributed by atoms with van der Waals surface area (Å²) in [7, 11) is 0. The molecule has 19 heavy (non-hydrogen) atoms. The molecule has 0 radical (unpaired) electrons. The minimum atomic E-state index is -0.309. The third kappa shape index (κ3) is 3.53. The molecule has 0 spiro atoms. The van der Waals surface area contributed by atoms with Gasteiger partial charge in [-0.2, -0.15) is 0 Å². The molecule has 4 heteroatoms. The van der Waals surface area contributed by atoms with E-state index in [9.17, 15) is 4.39 Å². The van der Waals surface area contributed by atoms with E-state index in [1.807, 2.05) is 13.0 Å². The number of nitrogens with one attached hydrogen (secondary N) is 1. The third-order valence-electron chi connectivity index (χ3n) is 3.16. The van der Waals surface area contributed by atoms with Crippen molar-refractivity contribution in [3.8, 4) is 0 Å². The van der Waals surface area contributed by atoms with Crippen LogP contribution in [0.1, 0.15) is 32.4 Å². The van der Waals surface area contributed by atoms with Crippen molar-refractivity contribution in [2.75, 3.05) is 19.7 Å². The van der Waals surface area contributed by atoms with Crippen LogP contribution in [0, 0.1) is 11.2 Å². The van der Waals surface area contributed by atoms with Crippen molar-refractivity contribution >= 4 is 5.84 Å². The van der Waals surface area contributed by atoms with E-state index in [0.29, 0.717) is 6.61 Å². The van der Waals surface area contributed by atoms with Crippen molar-refractivity contribution in [3.63, 3.8) is 0 Å². The van der Waals surface area contributed by atoms with E-state index in [2.05, 4.69) is 24.2 Å². The summed E-state index contributed by atoms with van der Waals surface area (Å²) in [4.78, 5) is 4.57. The van der Waals surface area contributed by atoms with Crippen molar-refractivity contribution in [2.45, 2.75) is 26.9 Å². The van der Waals surface area contributed by atoms with Crippen LogP contribution in [-0.4, -0.2) is 25.5 Å². The molecule has 0 bridgehead atoms. The summed E-state index contributed by atoms with van der Waals surface area (Å²) in [6, 6.07) is 6.51. The summed E-state index contributed by atoms with van der Waals surface area (Å²) in [5.74, 6) is 0.547. The maximum absolute atomic E-state index is 13.3. The first-order chi connectivity index (χ1) is 9.02. The molecule has 1 aromatic carbocycles. The topological polar surface area (TPSA) is 33.6 Å². The molecule has 0 aromatic heterocycles. The molecule has 2 rings (SSSR count). The van der Waals surface area contributed by atoms with Gasteiger partial charge >= 0.3 is 0 Å². The summed E-state index contributed by atoms with van der Waals surface area (Å²) in [6.07, 6.45) is -0.309. The van der Waals surface area contributed by atoms with Crippen molar-refractivity contribution in [3.05, 3.63) is 35.6 Å². The number of nitrogens with zero attached hydrogens (tertiary/aromatic N) is 1. The fraction of sp³-hybridized carbons (Fsp3) is 0.533. The molecule has 0 saturated carbocycles. The highest BCUT2D eigenvalue weighted by atomic mass is 19.1. The SMILES string of the molecule is CCOC(C1=NCC(C)(C)CN1)c1cccc(F)c1. The maximum atomic E-state index is 13.3. The fourth-order valence-corrected chi connectivity index (χ4v) is 2.09. The molecule has 1 aromatic rings. The lowest BCUT2D eigenvalue weighted by Crippen LogP contribution is -2.43. The third-order valence-corrected chi connectivity index (χ3v) is 3.16. The Kier molecular flexibility index (Phi) is 4.20. The number of hydrogen-bond acceptors (Lipinski definition) is 3. The van der Waals surface area contributed by atoms with Gasteiger partial charge in [0.2, 0.25) is 0 Å². The number of amidine groups is 1. The standard InChI is InChI=1S/C15H21FN2O/c1-4-19-13(11-6-5-7-12(16)8-11)14-17-9-15(2,3)10-18-14/h5-8,13H,4,9-10H2,1-3H3,(H,17,18). The zero-order valence-corrected chi connectivity index (χ0v) is 11.7. The first-order valence-electron chi connectivity index (χ1n) is 6.67. The predicted molar refractivity (Wildman–Crippen MR) is 74.9 cm³/mol. The molecule has 1 heterocycles. The molecule has 0 fully saturated rings. The Morgan fingerprint density at radius 3 is 2.84 bits per heavy atom. The van der Waals surface area contributed by atoms with Crippen LogP contribution in [0.15, 0.2) is 29.3 Å². The molecule has 0 aliphatic carbocycles. The fourth-order valence-electron chi connectivity index (χ4n) is 2.09. The van der Waals surface area contributed by atoms with Gasteiger partial charge in [0.05, 0.1) is 0 Å². The molecule has 1 N–H and O–H groups in total. The zero-order chi connectivity index (χ0) is 13.9. The number of ether oxygens (including phenoxy) is 1. The van der Waals surface area contributed by atoms with Gasteiger partial charge in [-0.1, -0.05) is 26.0 Å². The van der Waals surface area contributed by atoms with E-state index in [1.54, 1.807) is 6.07 Å². The monoisotopic (exact) mass is 264 g/mol. The molecule has 104 valence electrons. The van der Waals surface area contributed by atoms with Gasteiger partial charge in [0, 0.05) is 25.1 Å². The Morgan fingerprint density at radius 2 is 2.26 bits per heavy atom. The molecular weight excluding hydrogens is 243 g/mol. The number of aliphatic imine (C=N–C) groups is 1. The Morgan fingerprint density at radius 1 is 1.47 bits per heavy atom. The largest absolute Gasteiger partial charge is 0.371 e. The summed E-state index contributed by atoms with van der Waals surface area (Å²) >= 11 is 0. The van der Waals surface area contributed by atoms with Crippen molar-refractivity contribution < 1.29 is 9.13 Å². The highest BCUT2D eigenvalue weighted by Gasteiger charge is 2.27. The predicted octanol–water partition coefficient (Wildman–Crippen LogP) is 2.93. The Balaban J connectivity index is 2.24. The van der Waals surface area contributed by atoms with Crippen LogP contribution in [0.25, 0.3) is 0 Å². The van der Waals surface area contributed by atoms with Crippen LogP contribution < -0.4 is 5.32 Å². The zero-order valence-electron chi connectivity index (χ0n) is 11.7. The van der Waals surface area contributed by atoms with Gasteiger partial charge in [-0.3, -0.25) is 4.99 Å². The highest BCUT2D eigenvalue weighted by Crippen LogP contribution is 2.24. The Labute approximate surface area is 113 Å². The second-order valence-corrected chi connectivity index (χ2v) is 5.61. The van der Waals surface area contributed by atoms with Crippen molar-refractivity contribution in [1.82, 2.24) is 5.32 Å². The molecule has 1 aliphatic heterocycles. The second-order valence-electron chi connectivity index (χ2n) is 5.61. The summed E-state index contributed by atoms with van der Waals surface area (Å²) in [5, 5.41) is 3.31. The smallest absolute Gasteiger partial charge is 0.139 e. The van der Waals surface area contributed by atoms with E-state index in [4.69, 9.17) is 4.74 Å². The minimum Gasteiger partial charge on any atom is -0.371 e. The van der Waals surface area contributed by atoms with Crippen LogP contribution in [-0.2, 0) is 4.74 Å². The molecule has 0 saturated heterocycles. The lowest BCUT2D eigenvalue weighted by molar-refractivity contribution is 0.105. The lowest BCUT2D eigenvalue weighted by Gasteiger charge is -2.32. The van der Waals surface area contributed by atoms with E-state index in [-0.39, 0.29) is 17.3 Å². The molecule has 1 atom stereocenters. The average Bonchev–Trinajstić information content (AvgIpc) is 2.36. The van der Waals surface area contributed by atoms with Crippen molar-refractivity contribution in [1.29, 1.82) is 0 Å². The van der Waals surface area contributed by atoms with Gasteiger partial charge in [0.25, 0.3) is 0 Å². The lowest BCUT2D eigenvalue weighted by atomic mass is 9.92. The van der Waals surface area contributed by atoms with Crippen molar-refractivity contribution in [2.24, 2.45) is 10.4 Å². The first-order valence-corrected chi connectivity index (χ1v) is 6.67. The molecular formula is C15H21FN2O. The van der Waals surface area contributed by atoms with E-state index >= 15 is 0 Å². The van der Waals surface area contributed by atoms with E-state index < -0.39 is 0 Å². The van der Waals surface area contributed by atoms with Crippen LogP contribution in [0.4, 0.5) is 4.39 Å². The van der Waals surface area contributed by atoms with E-state index in [0.717, 1.165) is 24.5 Å².